The highest BCUT2D eigenvalue weighted by molar-refractivity contribution is 5.77. The number of nitrogens with one attached hydrogen (secondary N) is 1. The van der Waals surface area contributed by atoms with E-state index < -0.39 is 0 Å². The molecule has 2 heterocycles. The Morgan fingerprint density at radius 2 is 2.17 bits per heavy atom. The van der Waals surface area contributed by atoms with Crippen LogP contribution in [0.3, 0.4) is 0 Å². The van der Waals surface area contributed by atoms with Gasteiger partial charge in [0.15, 0.2) is 0 Å². The van der Waals surface area contributed by atoms with Crippen molar-refractivity contribution in [3.63, 3.8) is 0 Å². The minimum Gasteiger partial charge on any atom is -0.336 e. The zero-order valence-electron chi connectivity index (χ0n) is 13.5. The third-order valence-electron chi connectivity index (χ3n) is 4.64. The van der Waals surface area contributed by atoms with E-state index in [-0.39, 0.29) is 28.6 Å². The molecule has 2 saturated heterocycles. The van der Waals surface area contributed by atoms with Crippen molar-refractivity contribution in [1.29, 1.82) is 0 Å². The van der Waals surface area contributed by atoms with Crippen LogP contribution in [0.2, 0.25) is 0 Å². The number of nitro benzene ring substituents is 1. The first-order valence-electron chi connectivity index (χ1n) is 7.99. The van der Waals surface area contributed by atoms with Crippen molar-refractivity contribution < 1.29 is 9.72 Å². The Morgan fingerprint density at radius 1 is 1.39 bits per heavy atom. The lowest BCUT2D eigenvalue weighted by atomic mass is 9.99. The second-order valence-corrected chi connectivity index (χ2v) is 6.57. The first-order chi connectivity index (χ1) is 11.0. The maximum Gasteiger partial charge on any atom is 0.317 e. The average Bonchev–Trinajstić information content (AvgIpc) is 2.88. The standard InChI is InChI=1S/C16H22N4O3/c1-11(2)14-4-3-12(7-15(14)20(22)23)9-18-5-6-19-13(10-18)8-17-16(19)21/h3-4,7,11,13H,5-6,8-10H2,1-2H3,(H,17,21)/t13-/m0/s1. The fourth-order valence-electron chi connectivity index (χ4n) is 3.40. The Hall–Kier alpha value is -2.15. The summed E-state index contributed by atoms with van der Waals surface area (Å²) in [6, 6.07) is 5.77. The van der Waals surface area contributed by atoms with Gasteiger partial charge >= 0.3 is 6.03 Å². The number of nitrogens with zero attached hydrogens (tertiary/aromatic N) is 3. The molecule has 0 radical (unpaired) electrons. The molecule has 23 heavy (non-hydrogen) atoms. The van der Waals surface area contributed by atoms with Crippen LogP contribution in [-0.2, 0) is 6.54 Å². The fraction of sp³-hybridized carbons (Fsp3) is 0.562. The van der Waals surface area contributed by atoms with Crippen molar-refractivity contribution >= 4 is 11.7 Å². The molecule has 1 aromatic carbocycles. The third kappa shape index (κ3) is 3.14. The van der Waals surface area contributed by atoms with Crippen molar-refractivity contribution in [3.8, 4) is 0 Å². The van der Waals surface area contributed by atoms with Crippen LogP contribution in [0.25, 0.3) is 0 Å². The van der Waals surface area contributed by atoms with Crippen LogP contribution in [0.5, 0.6) is 0 Å². The number of rotatable bonds is 4. The molecule has 3 rings (SSSR count). The lowest BCUT2D eigenvalue weighted by molar-refractivity contribution is -0.385. The van der Waals surface area contributed by atoms with Gasteiger partial charge in [0.25, 0.3) is 5.69 Å². The highest BCUT2D eigenvalue weighted by Crippen LogP contribution is 2.28. The lowest BCUT2D eigenvalue weighted by Crippen LogP contribution is -2.51. The monoisotopic (exact) mass is 318 g/mol. The topological polar surface area (TPSA) is 78.7 Å². The van der Waals surface area contributed by atoms with Gasteiger partial charge in [-0.1, -0.05) is 26.0 Å². The first-order valence-corrected chi connectivity index (χ1v) is 7.99. The van der Waals surface area contributed by atoms with Crippen molar-refractivity contribution in [2.75, 3.05) is 26.2 Å². The van der Waals surface area contributed by atoms with Crippen LogP contribution in [0, 0.1) is 10.1 Å². The van der Waals surface area contributed by atoms with Gasteiger partial charge in [0.05, 0.1) is 11.0 Å². The summed E-state index contributed by atoms with van der Waals surface area (Å²) in [6.07, 6.45) is 0. The van der Waals surface area contributed by atoms with E-state index in [0.29, 0.717) is 19.6 Å². The van der Waals surface area contributed by atoms with E-state index >= 15 is 0 Å². The Balaban J connectivity index is 1.72. The molecule has 0 aromatic heterocycles. The molecular formula is C16H22N4O3. The van der Waals surface area contributed by atoms with Crippen LogP contribution in [-0.4, -0.2) is 53.0 Å². The average molecular weight is 318 g/mol. The summed E-state index contributed by atoms with van der Waals surface area (Å²) in [7, 11) is 0. The first kappa shape index (κ1) is 15.7. The smallest absolute Gasteiger partial charge is 0.317 e. The number of carbonyl (C=O) groups excluding carboxylic acids is 1. The molecule has 2 amide bonds. The number of carbonyl (C=O) groups is 1. The number of fused-ring (bicyclic) bond motifs is 1. The Bertz CT molecular complexity index is 632. The zero-order chi connectivity index (χ0) is 16.6. The fourth-order valence-corrected chi connectivity index (χ4v) is 3.40. The summed E-state index contributed by atoms with van der Waals surface area (Å²) >= 11 is 0. The molecule has 7 heteroatoms. The molecule has 1 aromatic rings. The predicted molar refractivity (Wildman–Crippen MR) is 86.4 cm³/mol. The second-order valence-electron chi connectivity index (χ2n) is 6.57. The van der Waals surface area contributed by atoms with Crippen molar-refractivity contribution in [3.05, 3.63) is 39.4 Å². The van der Waals surface area contributed by atoms with E-state index in [0.717, 1.165) is 24.2 Å². The number of hydrogen-bond donors (Lipinski definition) is 1. The summed E-state index contributed by atoms with van der Waals surface area (Å²) in [5.74, 6) is 0.128. The van der Waals surface area contributed by atoms with Gasteiger partial charge in [0, 0.05) is 44.4 Å². The van der Waals surface area contributed by atoms with Crippen molar-refractivity contribution in [2.24, 2.45) is 0 Å². The molecule has 2 aliphatic rings. The Kier molecular flexibility index (Phi) is 4.21. The zero-order valence-corrected chi connectivity index (χ0v) is 13.5. The van der Waals surface area contributed by atoms with Gasteiger partial charge < -0.3 is 10.2 Å². The minimum atomic E-state index is -0.295. The SMILES string of the molecule is CC(C)c1ccc(CN2CCN3C(=O)NC[C@H]3C2)cc1[N+](=O)[O-]. The highest BCUT2D eigenvalue weighted by atomic mass is 16.6. The molecule has 2 aliphatic heterocycles. The molecule has 1 atom stereocenters. The van der Waals surface area contributed by atoms with Gasteiger partial charge in [-0.15, -0.1) is 0 Å². The summed E-state index contributed by atoms with van der Waals surface area (Å²) < 4.78 is 0. The van der Waals surface area contributed by atoms with Gasteiger partial charge in [-0.2, -0.15) is 0 Å². The maximum absolute atomic E-state index is 11.6. The van der Waals surface area contributed by atoms with Crippen molar-refractivity contribution in [2.45, 2.75) is 32.4 Å². The maximum atomic E-state index is 11.6. The largest absolute Gasteiger partial charge is 0.336 e. The number of hydrogen-bond acceptors (Lipinski definition) is 4. The van der Waals surface area contributed by atoms with Gasteiger partial charge in [-0.3, -0.25) is 15.0 Å². The number of urea groups is 1. The van der Waals surface area contributed by atoms with Gasteiger partial charge in [0.2, 0.25) is 0 Å². The molecule has 0 bridgehead atoms. The normalized spacial score (nSPS) is 21.4. The Morgan fingerprint density at radius 3 is 2.87 bits per heavy atom. The molecule has 0 saturated carbocycles. The molecule has 0 aliphatic carbocycles. The van der Waals surface area contributed by atoms with E-state index in [4.69, 9.17) is 0 Å². The van der Waals surface area contributed by atoms with E-state index in [2.05, 4.69) is 10.2 Å². The molecule has 7 nitrogen and oxygen atoms in total. The number of piperazine rings is 1. The minimum absolute atomic E-state index is 0.0200. The molecule has 1 N–H and O–H groups in total. The summed E-state index contributed by atoms with van der Waals surface area (Å²) in [4.78, 5) is 26.8. The third-order valence-corrected chi connectivity index (χ3v) is 4.64. The molecule has 0 unspecified atom stereocenters. The van der Waals surface area contributed by atoms with E-state index in [9.17, 15) is 14.9 Å². The van der Waals surface area contributed by atoms with Crippen LogP contribution < -0.4 is 5.32 Å². The highest BCUT2D eigenvalue weighted by Gasteiger charge is 2.35. The van der Waals surface area contributed by atoms with Crippen LogP contribution in [0.1, 0.15) is 30.9 Å². The quantitative estimate of drug-likeness (QED) is 0.679. The molecule has 0 spiro atoms. The van der Waals surface area contributed by atoms with Crippen molar-refractivity contribution in [1.82, 2.24) is 15.1 Å². The number of amides is 2. The van der Waals surface area contributed by atoms with Crippen LogP contribution >= 0.6 is 0 Å². The Labute approximate surface area is 135 Å². The number of nitro groups is 1. The molecule has 124 valence electrons. The van der Waals surface area contributed by atoms with Crippen LogP contribution in [0.4, 0.5) is 10.5 Å². The lowest BCUT2D eigenvalue weighted by Gasteiger charge is -2.36. The predicted octanol–water partition coefficient (Wildman–Crippen LogP) is 1.93. The summed E-state index contributed by atoms with van der Waals surface area (Å²) in [6.45, 7) is 7.60. The van der Waals surface area contributed by atoms with Gasteiger partial charge in [-0.25, -0.2) is 4.79 Å². The summed E-state index contributed by atoms with van der Waals surface area (Å²) in [5, 5.41) is 14.2. The van der Waals surface area contributed by atoms with Gasteiger partial charge in [0.1, 0.15) is 0 Å². The number of benzene rings is 1. The molecular weight excluding hydrogens is 296 g/mol. The molecule has 2 fully saturated rings. The van der Waals surface area contributed by atoms with E-state index in [1.54, 1.807) is 6.07 Å². The summed E-state index contributed by atoms with van der Waals surface area (Å²) in [5.41, 5.74) is 1.93. The van der Waals surface area contributed by atoms with Gasteiger partial charge in [-0.05, 0) is 11.5 Å². The van der Waals surface area contributed by atoms with E-state index in [1.807, 2.05) is 30.9 Å². The second kappa shape index (κ2) is 6.16. The van der Waals surface area contributed by atoms with E-state index in [1.165, 1.54) is 0 Å². The van der Waals surface area contributed by atoms with Crippen LogP contribution in [0.15, 0.2) is 18.2 Å².